The molecule has 7 heteroatoms. The van der Waals surface area contributed by atoms with Gasteiger partial charge >= 0.3 is 0 Å². The zero-order valence-corrected chi connectivity index (χ0v) is 16.4. The minimum Gasteiger partial charge on any atom is -0.341 e. The van der Waals surface area contributed by atoms with Crippen LogP contribution in [0.15, 0.2) is 24.3 Å². The molecule has 0 aliphatic heterocycles. The molecule has 0 saturated heterocycles. The molecule has 0 atom stereocenters. The summed E-state index contributed by atoms with van der Waals surface area (Å²) >= 11 is 0. The van der Waals surface area contributed by atoms with Crippen LogP contribution in [0.5, 0.6) is 0 Å². The molecule has 138 valence electrons. The van der Waals surface area contributed by atoms with Crippen molar-refractivity contribution in [3.05, 3.63) is 29.8 Å². The molecule has 0 spiro atoms. The van der Waals surface area contributed by atoms with Crippen molar-refractivity contribution in [2.24, 2.45) is 11.8 Å². The third kappa shape index (κ3) is 6.75. The van der Waals surface area contributed by atoms with Crippen molar-refractivity contribution in [2.45, 2.75) is 27.7 Å². The average molecular weight is 365 g/mol. The van der Waals surface area contributed by atoms with Crippen LogP contribution in [0.4, 0.5) is 5.69 Å². The second-order valence-electron chi connectivity index (χ2n) is 7.01. The number of hydrogen-bond acceptors (Lipinski definition) is 4. The monoisotopic (exact) mass is 365 g/mol. The molecule has 6 nitrogen and oxygen atoms in total. The van der Waals surface area contributed by atoms with Crippen LogP contribution in [0.25, 0.3) is 0 Å². The number of nitrogens with zero attached hydrogens (tertiary/aromatic N) is 3. The summed E-state index contributed by atoms with van der Waals surface area (Å²) in [5.74, 6) is 0.366. The highest BCUT2D eigenvalue weighted by atomic mass is 32.2. The first-order valence-corrected chi connectivity index (χ1v) is 10.1. The highest BCUT2D eigenvalue weighted by Crippen LogP contribution is 2.19. The van der Waals surface area contributed by atoms with Crippen molar-refractivity contribution in [2.75, 3.05) is 30.2 Å². The Morgan fingerprint density at radius 1 is 1.08 bits per heavy atom. The van der Waals surface area contributed by atoms with Gasteiger partial charge in [-0.2, -0.15) is 5.26 Å². The summed E-state index contributed by atoms with van der Waals surface area (Å²) in [5, 5.41) is 8.87. The number of benzene rings is 1. The normalized spacial score (nSPS) is 11.4. The molecule has 0 saturated carbocycles. The summed E-state index contributed by atoms with van der Waals surface area (Å²) in [4.78, 5) is 14.5. The predicted molar refractivity (Wildman–Crippen MR) is 99.6 cm³/mol. The first kappa shape index (κ1) is 21.0. The molecule has 0 unspecified atom stereocenters. The standard InChI is InChI=1S/C18H27N3O3S/c1-14(2)11-20(12-15(3)4)18(22)13-21(25(5,23)24)17-8-6-16(10-19)7-9-17/h6-9,14-15H,11-13H2,1-5H3. The summed E-state index contributed by atoms with van der Waals surface area (Å²) in [5.41, 5.74) is 0.814. The lowest BCUT2D eigenvalue weighted by atomic mass is 10.1. The van der Waals surface area contributed by atoms with Crippen LogP contribution in [-0.2, 0) is 14.8 Å². The molecule has 0 aliphatic carbocycles. The fourth-order valence-corrected chi connectivity index (χ4v) is 3.33. The maximum Gasteiger partial charge on any atom is 0.243 e. The Morgan fingerprint density at radius 3 is 1.92 bits per heavy atom. The molecule has 0 bridgehead atoms. The fourth-order valence-electron chi connectivity index (χ4n) is 2.48. The molecule has 1 amide bonds. The quantitative estimate of drug-likeness (QED) is 0.709. The topological polar surface area (TPSA) is 81.5 Å². The van der Waals surface area contributed by atoms with Crippen molar-refractivity contribution in [3.8, 4) is 6.07 Å². The van der Waals surface area contributed by atoms with E-state index in [1.807, 2.05) is 33.8 Å². The van der Waals surface area contributed by atoms with Gasteiger partial charge in [0.05, 0.1) is 23.6 Å². The average Bonchev–Trinajstić information content (AvgIpc) is 2.50. The number of carbonyl (C=O) groups is 1. The zero-order valence-electron chi connectivity index (χ0n) is 15.6. The van der Waals surface area contributed by atoms with Crippen LogP contribution < -0.4 is 4.31 Å². The van der Waals surface area contributed by atoms with Gasteiger partial charge in [0.2, 0.25) is 15.9 Å². The van der Waals surface area contributed by atoms with Gasteiger partial charge < -0.3 is 4.90 Å². The second kappa shape index (κ2) is 8.86. The van der Waals surface area contributed by atoms with Crippen molar-refractivity contribution in [3.63, 3.8) is 0 Å². The Kier molecular flexibility index (Phi) is 7.43. The van der Waals surface area contributed by atoms with E-state index in [1.165, 1.54) is 12.1 Å². The summed E-state index contributed by atoms with van der Waals surface area (Å²) in [7, 11) is -3.62. The minimum absolute atomic E-state index is 0.225. The first-order chi connectivity index (χ1) is 11.5. The Balaban J connectivity index is 3.07. The zero-order chi connectivity index (χ0) is 19.2. The van der Waals surface area contributed by atoms with Gasteiger partial charge in [-0.25, -0.2) is 8.42 Å². The first-order valence-electron chi connectivity index (χ1n) is 8.30. The molecule has 0 aromatic heterocycles. The lowest BCUT2D eigenvalue weighted by Crippen LogP contribution is -2.45. The number of nitriles is 1. The Bertz CT molecular complexity index is 709. The number of anilines is 1. The lowest BCUT2D eigenvalue weighted by molar-refractivity contribution is -0.130. The van der Waals surface area contributed by atoms with Crippen LogP contribution in [0.3, 0.4) is 0 Å². The molecule has 0 fully saturated rings. The maximum atomic E-state index is 12.7. The van der Waals surface area contributed by atoms with Crippen LogP contribution in [0.1, 0.15) is 33.3 Å². The van der Waals surface area contributed by atoms with Gasteiger partial charge in [-0.05, 0) is 36.1 Å². The van der Waals surface area contributed by atoms with E-state index < -0.39 is 10.0 Å². The third-order valence-electron chi connectivity index (χ3n) is 3.49. The lowest BCUT2D eigenvalue weighted by Gasteiger charge is -2.29. The van der Waals surface area contributed by atoms with E-state index in [0.717, 1.165) is 10.6 Å². The summed E-state index contributed by atoms with van der Waals surface area (Å²) in [6.07, 6.45) is 1.08. The summed E-state index contributed by atoms with van der Waals surface area (Å²) in [6, 6.07) is 8.16. The number of carbonyl (C=O) groups excluding carboxylic acids is 1. The molecule has 0 aliphatic rings. The van der Waals surface area contributed by atoms with Crippen molar-refractivity contribution in [1.29, 1.82) is 5.26 Å². The maximum absolute atomic E-state index is 12.7. The van der Waals surface area contributed by atoms with Gasteiger partial charge in [-0.15, -0.1) is 0 Å². The molecular formula is C18H27N3O3S. The van der Waals surface area contributed by atoms with Crippen LogP contribution in [0, 0.1) is 23.2 Å². The molecule has 0 radical (unpaired) electrons. The highest BCUT2D eigenvalue weighted by Gasteiger charge is 2.24. The Morgan fingerprint density at radius 2 is 1.56 bits per heavy atom. The van der Waals surface area contributed by atoms with Crippen molar-refractivity contribution in [1.82, 2.24) is 4.90 Å². The van der Waals surface area contributed by atoms with Crippen molar-refractivity contribution >= 4 is 21.6 Å². The van der Waals surface area contributed by atoms with Gasteiger partial charge in [-0.1, -0.05) is 27.7 Å². The van der Waals surface area contributed by atoms with Gasteiger partial charge in [0.25, 0.3) is 0 Å². The SMILES string of the molecule is CC(C)CN(CC(C)C)C(=O)CN(c1ccc(C#N)cc1)S(C)(=O)=O. The van der Waals surface area contributed by atoms with E-state index in [2.05, 4.69) is 0 Å². The van der Waals surface area contributed by atoms with Gasteiger partial charge in [-0.3, -0.25) is 9.10 Å². The molecule has 1 aromatic rings. The molecule has 25 heavy (non-hydrogen) atoms. The molecule has 0 N–H and O–H groups in total. The largest absolute Gasteiger partial charge is 0.341 e. The van der Waals surface area contributed by atoms with Crippen LogP contribution >= 0.6 is 0 Å². The van der Waals surface area contributed by atoms with E-state index in [9.17, 15) is 13.2 Å². The van der Waals surface area contributed by atoms with Gasteiger partial charge in [0, 0.05) is 13.1 Å². The van der Waals surface area contributed by atoms with Crippen LogP contribution in [0.2, 0.25) is 0 Å². The fraction of sp³-hybridized carbons (Fsp3) is 0.556. The summed E-state index contributed by atoms with van der Waals surface area (Å²) < 4.78 is 25.4. The van der Waals surface area contributed by atoms with E-state index in [-0.39, 0.29) is 12.5 Å². The molecule has 0 heterocycles. The number of hydrogen-bond donors (Lipinski definition) is 0. The molecule has 1 aromatic carbocycles. The highest BCUT2D eigenvalue weighted by molar-refractivity contribution is 7.92. The van der Waals surface area contributed by atoms with Crippen LogP contribution in [-0.4, -0.2) is 45.1 Å². The van der Waals surface area contributed by atoms with Crippen molar-refractivity contribution < 1.29 is 13.2 Å². The van der Waals surface area contributed by atoms with Gasteiger partial charge in [0.1, 0.15) is 6.54 Å². The van der Waals surface area contributed by atoms with E-state index in [1.54, 1.807) is 17.0 Å². The van der Waals surface area contributed by atoms with Gasteiger partial charge in [0.15, 0.2) is 0 Å². The molecular weight excluding hydrogens is 338 g/mol. The third-order valence-corrected chi connectivity index (χ3v) is 4.63. The minimum atomic E-state index is -3.62. The van der Waals surface area contributed by atoms with E-state index >= 15 is 0 Å². The number of amides is 1. The smallest absolute Gasteiger partial charge is 0.243 e. The number of sulfonamides is 1. The summed E-state index contributed by atoms with van der Waals surface area (Å²) in [6.45, 7) is 9.02. The second-order valence-corrected chi connectivity index (χ2v) is 8.92. The van der Waals surface area contributed by atoms with E-state index in [0.29, 0.717) is 36.2 Å². The predicted octanol–water partition coefficient (Wildman–Crippen LogP) is 2.46. The Hall–Kier alpha value is -2.07. The van der Waals surface area contributed by atoms with E-state index in [4.69, 9.17) is 5.26 Å². The Labute approximate surface area is 151 Å². The number of rotatable bonds is 8. The molecule has 1 rings (SSSR count).